The van der Waals surface area contributed by atoms with Crippen molar-refractivity contribution in [1.82, 2.24) is 4.90 Å². The zero-order chi connectivity index (χ0) is 19.1. The minimum atomic E-state index is -0.221. The molecule has 3 rings (SSSR count). The molecule has 0 bridgehead atoms. The molecule has 1 heterocycles. The first-order chi connectivity index (χ1) is 13.1. The Kier molecular flexibility index (Phi) is 7.41. The highest BCUT2D eigenvalue weighted by Crippen LogP contribution is 2.21. The second-order valence-electron chi connectivity index (χ2n) is 6.54. The maximum Gasteiger partial charge on any atom is 0.173 e. The fourth-order valence-electron chi connectivity index (χ4n) is 3.04. The highest BCUT2D eigenvalue weighted by atomic mass is 35.5. The van der Waals surface area contributed by atoms with Crippen LogP contribution < -0.4 is 10.2 Å². The molecule has 0 unspecified atom stereocenters. The van der Waals surface area contributed by atoms with E-state index in [1.165, 1.54) is 11.0 Å². The van der Waals surface area contributed by atoms with Crippen LogP contribution in [0.5, 0.6) is 0 Å². The standard InChI is InChI=1S/C20H23ClFN3OS/c21-17-6-2-4-8-19(17)23-20(27)25(10-9-24-11-13-26-14-12-24)15-16-5-1-3-7-18(16)22/h1-8H,9-15H2,(H,23,27)/p+1. The van der Waals surface area contributed by atoms with Crippen molar-refractivity contribution in [2.24, 2.45) is 0 Å². The Morgan fingerprint density at radius 3 is 2.59 bits per heavy atom. The topological polar surface area (TPSA) is 28.9 Å². The van der Waals surface area contributed by atoms with E-state index >= 15 is 0 Å². The Morgan fingerprint density at radius 1 is 1.15 bits per heavy atom. The molecule has 1 saturated heterocycles. The monoisotopic (exact) mass is 408 g/mol. The molecule has 0 radical (unpaired) electrons. The van der Waals surface area contributed by atoms with Crippen LogP contribution >= 0.6 is 23.8 Å². The summed E-state index contributed by atoms with van der Waals surface area (Å²) in [6.45, 7) is 5.58. The van der Waals surface area contributed by atoms with Gasteiger partial charge in [0.25, 0.3) is 0 Å². The molecule has 144 valence electrons. The number of ether oxygens (including phenoxy) is 1. The van der Waals surface area contributed by atoms with Gasteiger partial charge in [0, 0.05) is 12.1 Å². The lowest BCUT2D eigenvalue weighted by atomic mass is 10.2. The number of thiocarbonyl (C=S) groups is 1. The van der Waals surface area contributed by atoms with Crippen molar-refractivity contribution < 1.29 is 14.0 Å². The van der Waals surface area contributed by atoms with Crippen molar-refractivity contribution >= 4 is 34.6 Å². The fraction of sp³-hybridized carbons (Fsp3) is 0.350. The summed E-state index contributed by atoms with van der Waals surface area (Å²) in [6.07, 6.45) is 0. The summed E-state index contributed by atoms with van der Waals surface area (Å²) in [6, 6.07) is 14.3. The average molecular weight is 409 g/mol. The highest BCUT2D eigenvalue weighted by Gasteiger charge is 2.19. The molecule has 27 heavy (non-hydrogen) atoms. The third-order valence-corrected chi connectivity index (χ3v) is 5.35. The lowest BCUT2D eigenvalue weighted by Gasteiger charge is -2.30. The predicted octanol–water partition coefficient (Wildman–Crippen LogP) is 2.59. The molecular formula is C20H24ClFN3OS+. The van der Waals surface area contributed by atoms with E-state index in [2.05, 4.69) is 5.32 Å². The Hall–Kier alpha value is -1.73. The molecule has 0 aliphatic carbocycles. The quantitative estimate of drug-likeness (QED) is 0.719. The molecule has 0 aromatic heterocycles. The van der Waals surface area contributed by atoms with Crippen LogP contribution in [0.4, 0.5) is 10.1 Å². The first-order valence-corrected chi connectivity index (χ1v) is 9.87. The molecular weight excluding hydrogens is 385 g/mol. The van der Waals surface area contributed by atoms with Crippen LogP contribution in [0.3, 0.4) is 0 Å². The Balaban J connectivity index is 1.70. The smallest absolute Gasteiger partial charge is 0.173 e. The summed E-state index contributed by atoms with van der Waals surface area (Å²) in [5, 5.41) is 4.35. The Morgan fingerprint density at radius 2 is 1.85 bits per heavy atom. The van der Waals surface area contributed by atoms with E-state index < -0.39 is 0 Å². The highest BCUT2D eigenvalue weighted by molar-refractivity contribution is 7.80. The molecule has 1 aliphatic heterocycles. The zero-order valence-corrected chi connectivity index (χ0v) is 16.7. The van der Waals surface area contributed by atoms with Crippen LogP contribution in [0.2, 0.25) is 5.02 Å². The number of hydrogen-bond acceptors (Lipinski definition) is 2. The minimum absolute atomic E-state index is 0.221. The summed E-state index contributed by atoms with van der Waals surface area (Å²) in [4.78, 5) is 3.47. The number of halogens is 2. The van der Waals surface area contributed by atoms with Gasteiger partial charge < -0.3 is 19.9 Å². The van der Waals surface area contributed by atoms with Gasteiger partial charge in [-0.3, -0.25) is 0 Å². The lowest BCUT2D eigenvalue weighted by molar-refractivity contribution is -0.907. The van der Waals surface area contributed by atoms with Crippen molar-refractivity contribution in [3.05, 3.63) is 64.9 Å². The van der Waals surface area contributed by atoms with Gasteiger partial charge in [-0.15, -0.1) is 0 Å². The fourth-order valence-corrected chi connectivity index (χ4v) is 3.49. The molecule has 2 aromatic rings. The molecule has 4 nitrogen and oxygen atoms in total. The molecule has 7 heteroatoms. The summed E-state index contributed by atoms with van der Waals surface area (Å²) in [5.74, 6) is -0.221. The molecule has 0 amide bonds. The van der Waals surface area contributed by atoms with Crippen molar-refractivity contribution in [1.29, 1.82) is 0 Å². The number of quaternary nitrogens is 1. The second-order valence-corrected chi connectivity index (χ2v) is 7.33. The van der Waals surface area contributed by atoms with Gasteiger partial charge in [-0.05, 0) is 30.4 Å². The van der Waals surface area contributed by atoms with Crippen LogP contribution in [-0.2, 0) is 11.3 Å². The molecule has 1 fully saturated rings. The molecule has 0 spiro atoms. The number of nitrogens with one attached hydrogen (secondary N) is 2. The summed E-state index contributed by atoms with van der Waals surface area (Å²) < 4.78 is 19.6. The first-order valence-electron chi connectivity index (χ1n) is 9.08. The van der Waals surface area contributed by atoms with Crippen LogP contribution in [0, 0.1) is 5.82 Å². The van der Waals surface area contributed by atoms with Gasteiger partial charge in [-0.1, -0.05) is 41.9 Å². The minimum Gasteiger partial charge on any atom is -0.370 e. The second kappa shape index (κ2) is 9.99. The molecule has 2 aromatic carbocycles. The number of para-hydroxylation sites is 1. The van der Waals surface area contributed by atoms with Crippen LogP contribution in [0.15, 0.2) is 48.5 Å². The Bertz CT molecular complexity index is 770. The maximum absolute atomic E-state index is 14.2. The predicted molar refractivity (Wildman–Crippen MR) is 111 cm³/mol. The molecule has 1 aliphatic rings. The number of morpholine rings is 1. The maximum atomic E-state index is 14.2. The van der Waals surface area contributed by atoms with Crippen LogP contribution in [-0.4, -0.2) is 49.4 Å². The van der Waals surface area contributed by atoms with Crippen molar-refractivity contribution in [3.63, 3.8) is 0 Å². The largest absolute Gasteiger partial charge is 0.370 e. The van der Waals surface area contributed by atoms with Crippen molar-refractivity contribution in [3.8, 4) is 0 Å². The average Bonchev–Trinajstić information content (AvgIpc) is 2.69. The van der Waals surface area contributed by atoms with Gasteiger partial charge >= 0.3 is 0 Å². The third kappa shape index (κ3) is 5.87. The van der Waals surface area contributed by atoms with Gasteiger partial charge in [0.2, 0.25) is 0 Å². The van der Waals surface area contributed by atoms with Crippen molar-refractivity contribution in [2.45, 2.75) is 6.54 Å². The van der Waals surface area contributed by atoms with Gasteiger partial charge in [-0.2, -0.15) is 0 Å². The van der Waals surface area contributed by atoms with Gasteiger partial charge in [0.15, 0.2) is 5.11 Å². The van der Waals surface area contributed by atoms with E-state index in [1.807, 2.05) is 35.2 Å². The first kappa shape index (κ1) is 20.0. The normalized spacial score (nSPS) is 14.7. The molecule has 0 saturated carbocycles. The van der Waals surface area contributed by atoms with Gasteiger partial charge in [0.05, 0.1) is 37.0 Å². The number of hydrogen-bond donors (Lipinski definition) is 2. The van der Waals surface area contributed by atoms with Gasteiger partial charge in [-0.25, -0.2) is 4.39 Å². The number of benzene rings is 2. The number of anilines is 1. The number of rotatable bonds is 6. The van der Waals surface area contributed by atoms with E-state index in [9.17, 15) is 4.39 Å². The summed E-state index contributed by atoms with van der Waals surface area (Å²) in [7, 11) is 0. The van der Waals surface area contributed by atoms with Gasteiger partial charge in [0.1, 0.15) is 18.9 Å². The van der Waals surface area contributed by atoms with E-state index in [4.69, 9.17) is 28.6 Å². The summed E-state index contributed by atoms with van der Waals surface area (Å²) in [5.41, 5.74) is 1.37. The number of nitrogens with zero attached hydrogens (tertiary/aromatic N) is 1. The van der Waals surface area contributed by atoms with E-state index in [-0.39, 0.29) is 5.82 Å². The van der Waals surface area contributed by atoms with E-state index in [0.717, 1.165) is 45.1 Å². The SMILES string of the molecule is Fc1ccccc1CN(CC[NH+]1CCOCC1)C(=S)Nc1ccccc1Cl. The third-order valence-electron chi connectivity index (χ3n) is 4.66. The van der Waals surface area contributed by atoms with Crippen LogP contribution in [0.25, 0.3) is 0 Å². The zero-order valence-electron chi connectivity index (χ0n) is 15.1. The van der Waals surface area contributed by atoms with E-state index in [1.54, 1.807) is 12.1 Å². The molecule has 0 atom stereocenters. The van der Waals surface area contributed by atoms with Crippen LogP contribution in [0.1, 0.15) is 5.56 Å². The lowest BCUT2D eigenvalue weighted by Crippen LogP contribution is -3.14. The summed E-state index contributed by atoms with van der Waals surface area (Å²) >= 11 is 11.9. The van der Waals surface area contributed by atoms with Crippen molar-refractivity contribution in [2.75, 3.05) is 44.7 Å². The van der Waals surface area contributed by atoms with E-state index in [0.29, 0.717) is 22.2 Å². The Labute approximate surface area is 169 Å². The molecule has 2 N–H and O–H groups in total.